The Bertz CT molecular complexity index is 1270. The molecule has 0 atom stereocenters. The van der Waals surface area contributed by atoms with Gasteiger partial charge in [0.05, 0.1) is 23.1 Å². The van der Waals surface area contributed by atoms with Gasteiger partial charge in [-0.2, -0.15) is 5.26 Å². The summed E-state index contributed by atoms with van der Waals surface area (Å²) in [5.41, 5.74) is 4.98. The lowest BCUT2D eigenvalue weighted by Crippen LogP contribution is -2.27. The van der Waals surface area contributed by atoms with E-state index in [0.29, 0.717) is 16.0 Å². The van der Waals surface area contributed by atoms with Crippen molar-refractivity contribution >= 4 is 29.0 Å². The number of amides is 2. The van der Waals surface area contributed by atoms with E-state index in [1.165, 1.54) is 4.90 Å². The Kier molecular flexibility index (Phi) is 5.49. The number of nitrogens with zero attached hydrogens (tertiary/aromatic N) is 4. The van der Waals surface area contributed by atoms with Crippen molar-refractivity contribution in [1.29, 1.82) is 5.26 Å². The Morgan fingerprint density at radius 1 is 1.13 bits per heavy atom. The molecular formula is C24H20N4O2S. The molecule has 3 heterocycles. The minimum Gasteiger partial charge on any atom is -0.303 e. The molecule has 0 radical (unpaired) electrons. The zero-order chi connectivity index (χ0) is 22.1. The third kappa shape index (κ3) is 3.90. The van der Waals surface area contributed by atoms with Gasteiger partial charge in [0.25, 0.3) is 11.1 Å². The number of thioether (sulfide) groups is 1. The molecule has 0 aliphatic carbocycles. The van der Waals surface area contributed by atoms with Gasteiger partial charge in [0.2, 0.25) is 0 Å². The Balaban J connectivity index is 1.64. The molecule has 2 aromatic heterocycles. The second-order valence-electron chi connectivity index (χ2n) is 7.39. The van der Waals surface area contributed by atoms with E-state index in [9.17, 15) is 14.9 Å². The van der Waals surface area contributed by atoms with Crippen LogP contribution in [0.25, 0.3) is 11.9 Å². The van der Waals surface area contributed by atoms with Gasteiger partial charge >= 0.3 is 0 Å². The lowest BCUT2D eigenvalue weighted by atomic mass is 10.1. The number of imide groups is 1. The van der Waals surface area contributed by atoms with Crippen LogP contribution >= 0.6 is 11.8 Å². The molecule has 1 aromatic carbocycles. The standard InChI is InChI=1S/C24H20N4O2S/c1-15-8-9-22(26-13-15)28-16(2)10-20(17(28)3)11-21-23(29)27(24(30)31-21)14-19-7-5-4-6-18(19)12-25/h4-11,13H,14H2,1-3H3/b21-11+. The van der Waals surface area contributed by atoms with Crippen LogP contribution < -0.4 is 0 Å². The Morgan fingerprint density at radius 2 is 1.90 bits per heavy atom. The van der Waals surface area contributed by atoms with Gasteiger partial charge in [-0.1, -0.05) is 24.3 Å². The van der Waals surface area contributed by atoms with Crippen LogP contribution in [0, 0.1) is 32.1 Å². The van der Waals surface area contributed by atoms with Crippen molar-refractivity contribution in [3.63, 3.8) is 0 Å². The zero-order valence-electron chi connectivity index (χ0n) is 17.4. The highest BCUT2D eigenvalue weighted by Crippen LogP contribution is 2.34. The number of nitriles is 1. The molecule has 1 aliphatic rings. The fraction of sp³-hybridized carbons (Fsp3) is 0.167. The van der Waals surface area contributed by atoms with Crippen molar-refractivity contribution in [2.45, 2.75) is 27.3 Å². The number of benzene rings is 1. The molecule has 31 heavy (non-hydrogen) atoms. The fourth-order valence-corrected chi connectivity index (χ4v) is 4.42. The van der Waals surface area contributed by atoms with Crippen LogP contribution in [-0.4, -0.2) is 25.6 Å². The van der Waals surface area contributed by atoms with E-state index in [4.69, 9.17) is 0 Å². The van der Waals surface area contributed by atoms with E-state index >= 15 is 0 Å². The largest absolute Gasteiger partial charge is 0.303 e. The molecule has 1 aliphatic heterocycles. The van der Waals surface area contributed by atoms with Crippen molar-refractivity contribution in [2.24, 2.45) is 0 Å². The lowest BCUT2D eigenvalue weighted by molar-refractivity contribution is -0.123. The molecule has 4 rings (SSSR count). The molecule has 0 saturated carbocycles. The summed E-state index contributed by atoms with van der Waals surface area (Å²) in [5, 5.41) is 8.94. The smallest absolute Gasteiger partial charge is 0.293 e. The third-order valence-corrected chi connectivity index (χ3v) is 6.13. The number of rotatable bonds is 4. The van der Waals surface area contributed by atoms with Gasteiger partial charge < -0.3 is 4.57 Å². The Labute approximate surface area is 184 Å². The molecule has 154 valence electrons. The van der Waals surface area contributed by atoms with Crippen LogP contribution in [0.5, 0.6) is 0 Å². The second-order valence-corrected chi connectivity index (χ2v) is 8.39. The SMILES string of the molecule is Cc1ccc(-n2c(C)cc(/C=C3/SC(=O)N(Cc4ccccc4C#N)C3=O)c2C)nc1. The molecule has 2 amide bonds. The van der Waals surface area contributed by atoms with E-state index in [1.54, 1.807) is 30.3 Å². The number of aryl methyl sites for hydroxylation is 2. The molecule has 3 aromatic rings. The number of hydrogen-bond acceptors (Lipinski definition) is 5. The predicted molar refractivity (Wildman–Crippen MR) is 120 cm³/mol. The van der Waals surface area contributed by atoms with E-state index < -0.39 is 0 Å². The van der Waals surface area contributed by atoms with Crippen LogP contribution in [0.15, 0.2) is 53.6 Å². The first-order valence-electron chi connectivity index (χ1n) is 9.74. The quantitative estimate of drug-likeness (QED) is 0.552. The van der Waals surface area contributed by atoms with Gasteiger partial charge in [0.1, 0.15) is 5.82 Å². The summed E-state index contributed by atoms with van der Waals surface area (Å²) in [7, 11) is 0. The van der Waals surface area contributed by atoms with Gasteiger partial charge in [0, 0.05) is 17.6 Å². The van der Waals surface area contributed by atoms with Crippen LogP contribution in [0.4, 0.5) is 4.79 Å². The van der Waals surface area contributed by atoms with Crippen molar-refractivity contribution in [3.05, 3.63) is 87.2 Å². The predicted octanol–water partition coefficient (Wildman–Crippen LogP) is 4.91. The summed E-state index contributed by atoms with van der Waals surface area (Å²) < 4.78 is 2.03. The topological polar surface area (TPSA) is 79.0 Å². The van der Waals surface area contributed by atoms with Gasteiger partial charge in [-0.05, 0) is 73.5 Å². The first-order valence-corrected chi connectivity index (χ1v) is 10.6. The normalized spacial score (nSPS) is 15.0. The van der Waals surface area contributed by atoms with Crippen molar-refractivity contribution < 1.29 is 9.59 Å². The fourth-order valence-electron chi connectivity index (χ4n) is 3.59. The van der Waals surface area contributed by atoms with E-state index in [1.807, 2.05) is 49.7 Å². The molecule has 1 saturated heterocycles. The number of carbonyl (C=O) groups excluding carboxylic acids is 2. The van der Waals surface area contributed by atoms with E-state index in [-0.39, 0.29) is 17.7 Å². The molecule has 1 fully saturated rings. The van der Waals surface area contributed by atoms with Crippen molar-refractivity contribution in [1.82, 2.24) is 14.5 Å². The average Bonchev–Trinajstić information content (AvgIpc) is 3.18. The highest BCUT2D eigenvalue weighted by Gasteiger charge is 2.35. The maximum atomic E-state index is 12.9. The molecule has 6 nitrogen and oxygen atoms in total. The second kappa shape index (κ2) is 8.25. The summed E-state index contributed by atoms with van der Waals surface area (Å²) in [6, 6.07) is 15.0. The number of carbonyl (C=O) groups is 2. The van der Waals surface area contributed by atoms with Crippen LogP contribution in [0.1, 0.15) is 33.6 Å². The minimum absolute atomic E-state index is 0.0814. The Hall–Kier alpha value is -3.63. The summed E-state index contributed by atoms with van der Waals surface area (Å²) in [6.07, 6.45) is 3.58. The van der Waals surface area contributed by atoms with Gasteiger partial charge in [-0.3, -0.25) is 14.5 Å². The van der Waals surface area contributed by atoms with Gasteiger partial charge in [0.15, 0.2) is 0 Å². The third-order valence-electron chi connectivity index (χ3n) is 5.22. The lowest BCUT2D eigenvalue weighted by Gasteiger charge is -2.13. The van der Waals surface area contributed by atoms with Gasteiger partial charge in [-0.25, -0.2) is 4.98 Å². The molecule has 0 bridgehead atoms. The summed E-state index contributed by atoms with van der Waals surface area (Å²) >= 11 is 0.922. The van der Waals surface area contributed by atoms with Crippen molar-refractivity contribution in [3.8, 4) is 11.9 Å². The summed E-state index contributed by atoms with van der Waals surface area (Å²) in [4.78, 5) is 31.5. The first kappa shape index (κ1) is 20.6. The summed E-state index contributed by atoms with van der Waals surface area (Å²) in [6.45, 7) is 6.02. The number of hydrogen-bond donors (Lipinski definition) is 0. The molecule has 0 N–H and O–H groups in total. The molecule has 7 heteroatoms. The minimum atomic E-state index is -0.346. The zero-order valence-corrected chi connectivity index (χ0v) is 18.2. The summed E-state index contributed by atoms with van der Waals surface area (Å²) in [5.74, 6) is 0.461. The van der Waals surface area contributed by atoms with Crippen LogP contribution in [0.3, 0.4) is 0 Å². The van der Waals surface area contributed by atoms with Crippen LogP contribution in [-0.2, 0) is 11.3 Å². The molecule has 0 spiro atoms. The van der Waals surface area contributed by atoms with Gasteiger partial charge in [-0.15, -0.1) is 0 Å². The molecular weight excluding hydrogens is 408 g/mol. The number of aromatic nitrogens is 2. The maximum absolute atomic E-state index is 12.9. The van der Waals surface area contributed by atoms with E-state index in [2.05, 4.69) is 11.1 Å². The Morgan fingerprint density at radius 3 is 2.61 bits per heavy atom. The highest BCUT2D eigenvalue weighted by atomic mass is 32.2. The highest BCUT2D eigenvalue weighted by molar-refractivity contribution is 8.18. The van der Waals surface area contributed by atoms with E-state index in [0.717, 1.165) is 40.1 Å². The maximum Gasteiger partial charge on any atom is 0.293 e. The monoisotopic (exact) mass is 428 g/mol. The molecule has 0 unspecified atom stereocenters. The van der Waals surface area contributed by atoms with Crippen LogP contribution in [0.2, 0.25) is 0 Å². The average molecular weight is 429 g/mol. The number of pyridine rings is 1. The van der Waals surface area contributed by atoms with Crippen molar-refractivity contribution in [2.75, 3.05) is 0 Å². The first-order chi connectivity index (χ1) is 14.9.